The van der Waals surface area contributed by atoms with Gasteiger partial charge in [-0.3, -0.25) is 0 Å². The van der Waals surface area contributed by atoms with Gasteiger partial charge in [-0.2, -0.15) is 5.26 Å². The highest BCUT2D eigenvalue weighted by atomic mass is 15.0. The van der Waals surface area contributed by atoms with Crippen LogP contribution in [-0.2, 0) is 5.41 Å². The van der Waals surface area contributed by atoms with Gasteiger partial charge in [-0.25, -0.2) is 0 Å². The van der Waals surface area contributed by atoms with Crippen LogP contribution in [0.5, 0.6) is 0 Å². The fourth-order valence-electron chi connectivity index (χ4n) is 3.74. The molecule has 2 atom stereocenters. The number of fused-ring (bicyclic) bond motifs is 2. The van der Waals surface area contributed by atoms with Crippen LogP contribution in [0.25, 0.3) is 5.57 Å². The van der Waals surface area contributed by atoms with E-state index in [1.165, 1.54) is 36.0 Å². The molecule has 1 aromatic carbocycles. The largest absolute Gasteiger partial charge is 0.307 e. The summed E-state index contributed by atoms with van der Waals surface area (Å²) in [5.74, 6) is 0. The molecule has 1 aliphatic carbocycles. The van der Waals surface area contributed by atoms with E-state index >= 15 is 0 Å². The summed E-state index contributed by atoms with van der Waals surface area (Å²) < 4.78 is 0. The molecule has 0 radical (unpaired) electrons. The van der Waals surface area contributed by atoms with Gasteiger partial charge in [0.25, 0.3) is 0 Å². The lowest BCUT2D eigenvalue weighted by molar-refractivity contribution is 0.348. The Kier molecular flexibility index (Phi) is 2.72. The Balaban J connectivity index is 1.68. The van der Waals surface area contributed by atoms with Crippen LogP contribution in [0.1, 0.15) is 49.7 Å². The molecular formula is C18H20N2. The molecule has 2 aliphatic heterocycles. The van der Waals surface area contributed by atoms with E-state index in [9.17, 15) is 5.26 Å². The predicted octanol–water partition coefficient (Wildman–Crippen LogP) is 3.54. The van der Waals surface area contributed by atoms with Crippen molar-refractivity contribution in [1.82, 2.24) is 5.32 Å². The molecule has 2 nitrogen and oxygen atoms in total. The molecule has 2 fully saturated rings. The highest BCUT2D eigenvalue weighted by molar-refractivity contribution is 5.69. The maximum atomic E-state index is 9.37. The van der Waals surface area contributed by atoms with E-state index < -0.39 is 0 Å². The van der Waals surface area contributed by atoms with Crippen LogP contribution in [0.15, 0.2) is 30.3 Å². The molecule has 2 bridgehead atoms. The van der Waals surface area contributed by atoms with Crippen LogP contribution in [0, 0.1) is 11.3 Å². The van der Waals surface area contributed by atoms with E-state index in [0.717, 1.165) is 19.3 Å². The van der Waals surface area contributed by atoms with Crippen LogP contribution in [0.2, 0.25) is 0 Å². The van der Waals surface area contributed by atoms with Crippen molar-refractivity contribution >= 4 is 5.57 Å². The minimum Gasteiger partial charge on any atom is -0.307 e. The normalized spacial score (nSPS) is 30.2. The number of hydrogen-bond donors (Lipinski definition) is 1. The van der Waals surface area contributed by atoms with Crippen molar-refractivity contribution in [2.75, 3.05) is 0 Å². The summed E-state index contributed by atoms with van der Waals surface area (Å²) in [5, 5.41) is 13.1. The van der Waals surface area contributed by atoms with Crippen LogP contribution in [0.4, 0.5) is 0 Å². The second-order valence-electron chi connectivity index (χ2n) is 6.57. The Morgan fingerprint density at radius 3 is 2.90 bits per heavy atom. The first-order chi connectivity index (χ1) is 9.79. The molecule has 1 N–H and O–H groups in total. The third kappa shape index (κ3) is 1.98. The highest BCUT2D eigenvalue weighted by Crippen LogP contribution is 2.48. The first-order valence-corrected chi connectivity index (χ1v) is 7.78. The van der Waals surface area contributed by atoms with Gasteiger partial charge >= 0.3 is 0 Å². The number of hydrogen-bond acceptors (Lipinski definition) is 2. The van der Waals surface area contributed by atoms with Crippen LogP contribution in [-0.4, -0.2) is 12.1 Å². The smallest absolute Gasteiger partial charge is 0.0824 e. The molecule has 0 spiro atoms. The van der Waals surface area contributed by atoms with Gasteiger partial charge in [0, 0.05) is 12.1 Å². The van der Waals surface area contributed by atoms with E-state index in [-0.39, 0.29) is 5.41 Å². The van der Waals surface area contributed by atoms with Crippen molar-refractivity contribution in [1.29, 1.82) is 5.26 Å². The molecule has 0 aromatic heterocycles. The number of rotatable bonds is 2. The Morgan fingerprint density at radius 1 is 1.25 bits per heavy atom. The van der Waals surface area contributed by atoms with E-state index in [0.29, 0.717) is 12.1 Å². The van der Waals surface area contributed by atoms with Crippen molar-refractivity contribution in [3.05, 3.63) is 41.5 Å². The van der Waals surface area contributed by atoms with E-state index in [1.807, 2.05) is 0 Å². The van der Waals surface area contributed by atoms with Crippen molar-refractivity contribution < 1.29 is 0 Å². The molecule has 0 amide bonds. The van der Waals surface area contributed by atoms with Crippen molar-refractivity contribution in [2.45, 2.75) is 56.0 Å². The second-order valence-corrected chi connectivity index (χ2v) is 6.57. The van der Waals surface area contributed by atoms with Gasteiger partial charge < -0.3 is 5.32 Å². The van der Waals surface area contributed by atoms with E-state index in [4.69, 9.17) is 0 Å². The molecule has 102 valence electrons. The topological polar surface area (TPSA) is 35.8 Å². The Labute approximate surface area is 120 Å². The summed E-state index contributed by atoms with van der Waals surface area (Å²) in [6.45, 7) is 0. The lowest BCUT2D eigenvalue weighted by atomic mass is 9.84. The van der Waals surface area contributed by atoms with Crippen molar-refractivity contribution in [2.24, 2.45) is 0 Å². The molecule has 2 heteroatoms. The van der Waals surface area contributed by atoms with Gasteiger partial charge in [-0.1, -0.05) is 30.7 Å². The fraction of sp³-hybridized carbons (Fsp3) is 0.500. The summed E-state index contributed by atoms with van der Waals surface area (Å²) in [7, 11) is 0. The Morgan fingerprint density at radius 2 is 2.15 bits per heavy atom. The number of nitrogens with one attached hydrogen (secondary N) is 1. The summed E-state index contributed by atoms with van der Waals surface area (Å²) in [6.07, 6.45) is 9.53. The second kappa shape index (κ2) is 4.46. The van der Waals surface area contributed by atoms with Gasteiger partial charge in [-0.15, -0.1) is 0 Å². The lowest BCUT2D eigenvalue weighted by Gasteiger charge is -2.35. The molecule has 1 saturated carbocycles. The average Bonchev–Trinajstić information content (AvgIpc) is 3.28. The summed E-state index contributed by atoms with van der Waals surface area (Å²) in [5.41, 5.74) is 3.87. The molecule has 20 heavy (non-hydrogen) atoms. The summed E-state index contributed by atoms with van der Waals surface area (Å²) >= 11 is 0. The Hall–Kier alpha value is -1.59. The number of benzene rings is 1. The monoisotopic (exact) mass is 264 g/mol. The quantitative estimate of drug-likeness (QED) is 0.887. The maximum Gasteiger partial charge on any atom is 0.0824 e. The fourth-order valence-corrected chi connectivity index (χ4v) is 3.74. The molecule has 4 rings (SSSR count). The molecule has 1 aromatic rings. The first kappa shape index (κ1) is 12.2. The predicted molar refractivity (Wildman–Crippen MR) is 80.1 cm³/mol. The van der Waals surface area contributed by atoms with Gasteiger partial charge in [0.15, 0.2) is 0 Å². The highest BCUT2D eigenvalue weighted by Gasteiger charge is 2.44. The maximum absolute atomic E-state index is 9.37. The minimum atomic E-state index is -0.167. The Bertz CT molecular complexity index is 604. The third-order valence-corrected chi connectivity index (χ3v) is 5.14. The van der Waals surface area contributed by atoms with Gasteiger partial charge in [0.2, 0.25) is 0 Å². The molecule has 1 saturated heterocycles. The van der Waals surface area contributed by atoms with Gasteiger partial charge in [0.1, 0.15) is 0 Å². The van der Waals surface area contributed by atoms with E-state index in [1.54, 1.807) is 0 Å². The first-order valence-electron chi connectivity index (χ1n) is 7.78. The van der Waals surface area contributed by atoms with Crippen LogP contribution in [0.3, 0.4) is 0 Å². The third-order valence-electron chi connectivity index (χ3n) is 5.14. The zero-order chi connectivity index (χ0) is 13.6. The minimum absolute atomic E-state index is 0.167. The summed E-state index contributed by atoms with van der Waals surface area (Å²) in [4.78, 5) is 0. The number of nitrogens with zero attached hydrogens (tertiary/aromatic N) is 1. The number of piperidine rings is 1. The standard InChI is InChI=1S/C18H20N2/c19-12-18(7-8-18)15-4-1-3-13(9-15)14-10-16-5-2-6-17(11-14)20-16/h1,3-4,9-10,16-17,20H,2,5-8,11H2. The van der Waals surface area contributed by atoms with Gasteiger partial charge in [-0.05, 0) is 54.9 Å². The average molecular weight is 264 g/mol. The molecule has 3 aliphatic rings. The molecular weight excluding hydrogens is 244 g/mol. The zero-order valence-electron chi connectivity index (χ0n) is 11.7. The SMILES string of the molecule is N#CC1(c2cccc(C3=CC4CCCC(C3)N4)c2)CC1. The zero-order valence-corrected chi connectivity index (χ0v) is 11.7. The van der Waals surface area contributed by atoms with E-state index in [2.05, 4.69) is 41.7 Å². The van der Waals surface area contributed by atoms with Crippen LogP contribution < -0.4 is 5.32 Å². The van der Waals surface area contributed by atoms with Gasteiger partial charge in [0.05, 0.1) is 11.5 Å². The van der Waals surface area contributed by atoms with Crippen LogP contribution >= 0.6 is 0 Å². The van der Waals surface area contributed by atoms with Crippen molar-refractivity contribution in [3.63, 3.8) is 0 Å². The lowest BCUT2D eigenvalue weighted by Crippen LogP contribution is -2.44. The number of nitriles is 1. The van der Waals surface area contributed by atoms with Crippen molar-refractivity contribution in [3.8, 4) is 6.07 Å². The molecule has 2 unspecified atom stereocenters. The summed E-state index contributed by atoms with van der Waals surface area (Å²) in [6, 6.07) is 12.5. The molecule has 2 heterocycles.